The van der Waals surface area contributed by atoms with Crippen LogP contribution in [0.15, 0.2) is 6.07 Å². The van der Waals surface area contributed by atoms with Gasteiger partial charge in [-0.2, -0.15) is 5.10 Å². The van der Waals surface area contributed by atoms with Gasteiger partial charge in [-0.3, -0.25) is 9.48 Å². The van der Waals surface area contributed by atoms with Crippen molar-refractivity contribution < 1.29 is 4.79 Å². The van der Waals surface area contributed by atoms with E-state index in [0.29, 0.717) is 12.8 Å². The van der Waals surface area contributed by atoms with Crippen LogP contribution in [0.5, 0.6) is 0 Å². The molecule has 1 rings (SSSR count). The third-order valence-electron chi connectivity index (χ3n) is 2.75. The largest absolute Gasteiger partial charge is 0.314 e. The van der Waals surface area contributed by atoms with Gasteiger partial charge >= 0.3 is 0 Å². The molecule has 1 aromatic heterocycles. The van der Waals surface area contributed by atoms with Gasteiger partial charge in [-0.25, -0.2) is 0 Å². The van der Waals surface area contributed by atoms with Crippen LogP contribution in [0.3, 0.4) is 0 Å². The maximum absolute atomic E-state index is 11.9. The lowest BCUT2D eigenvalue weighted by atomic mass is 10.1. The van der Waals surface area contributed by atoms with Gasteiger partial charge in [-0.15, -0.1) is 0 Å². The smallest absolute Gasteiger partial charge is 0.140 e. The molecule has 0 amide bonds. The van der Waals surface area contributed by atoms with Crippen LogP contribution in [0.25, 0.3) is 0 Å². The standard InChI is InChI=1S/C13H23N3O/c1-5-14-10(3)8-13(17)9-12-7-11(4)15-16(12)6-2/h7,10,14H,5-6,8-9H2,1-4H3. The van der Waals surface area contributed by atoms with Gasteiger partial charge in [0.25, 0.3) is 0 Å². The second kappa shape index (κ2) is 6.55. The van der Waals surface area contributed by atoms with Crippen LogP contribution in [0.1, 0.15) is 38.6 Å². The molecule has 1 N–H and O–H groups in total. The van der Waals surface area contributed by atoms with E-state index in [-0.39, 0.29) is 11.8 Å². The van der Waals surface area contributed by atoms with Crippen molar-refractivity contribution in [2.45, 2.75) is 53.1 Å². The minimum absolute atomic E-state index is 0.256. The Labute approximate surface area is 103 Å². The quantitative estimate of drug-likeness (QED) is 0.785. The minimum atomic E-state index is 0.256. The third kappa shape index (κ3) is 4.30. The van der Waals surface area contributed by atoms with Crippen molar-refractivity contribution >= 4 is 5.78 Å². The van der Waals surface area contributed by atoms with Crippen molar-refractivity contribution in [2.24, 2.45) is 0 Å². The van der Waals surface area contributed by atoms with Gasteiger partial charge in [-0.1, -0.05) is 6.92 Å². The molecule has 1 heterocycles. The van der Waals surface area contributed by atoms with E-state index in [1.165, 1.54) is 0 Å². The Morgan fingerprint density at radius 2 is 2.24 bits per heavy atom. The van der Waals surface area contributed by atoms with E-state index < -0.39 is 0 Å². The van der Waals surface area contributed by atoms with Crippen LogP contribution >= 0.6 is 0 Å². The molecule has 0 radical (unpaired) electrons. The molecule has 0 aliphatic carbocycles. The lowest BCUT2D eigenvalue weighted by molar-refractivity contribution is -0.118. The zero-order valence-electron chi connectivity index (χ0n) is 11.3. The van der Waals surface area contributed by atoms with Gasteiger partial charge in [0.1, 0.15) is 5.78 Å². The number of aryl methyl sites for hydroxylation is 2. The first-order chi connectivity index (χ1) is 8.06. The monoisotopic (exact) mass is 237 g/mol. The number of aromatic nitrogens is 2. The second-order valence-corrected chi connectivity index (χ2v) is 4.47. The first-order valence-corrected chi connectivity index (χ1v) is 6.35. The van der Waals surface area contributed by atoms with E-state index in [1.807, 2.05) is 31.5 Å². The van der Waals surface area contributed by atoms with Crippen LogP contribution in [-0.4, -0.2) is 28.2 Å². The number of hydrogen-bond donors (Lipinski definition) is 1. The fourth-order valence-corrected chi connectivity index (χ4v) is 2.05. The molecule has 1 unspecified atom stereocenters. The fourth-order valence-electron chi connectivity index (χ4n) is 2.05. The summed E-state index contributed by atoms with van der Waals surface area (Å²) in [4.78, 5) is 11.9. The van der Waals surface area contributed by atoms with Gasteiger partial charge in [-0.05, 0) is 33.4 Å². The summed E-state index contributed by atoms with van der Waals surface area (Å²) in [5, 5.41) is 7.60. The molecule has 0 fully saturated rings. The zero-order chi connectivity index (χ0) is 12.8. The Bertz CT molecular complexity index is 371. The topological polar surface area (TPSA) is 46.9 Å². The molecule has 4 nitrogen and oxygen atoms in total. The molecule has 1 atom stereocenters. The number of ketones is 1. The van der Waals surface area contributed by atoms with Gasteiger partial charge in [0, 0.05) is 31.1 Å². The number of nitrogens with zero attached hydrogens (tertiary/aromatic N) is 2. The van der Waals surface area contributed by atoms with Gasteiger partial charge in [0.15, 0.2) is 0 Å². The number of nitrogens with one attached hydrogen (secondary N) is 1. The summed E-state index contributed by atoms with van der Waals surface area (Å²) in [6.45, 7) is 9.82. The summed E-state index contributed by atoms with van der Waals surface area (Å²) < 4.78 is 1.91. The molecule has 0 aliphatic heterocycles. The predicted molar refractivity (Wildman–Crippen MR) is 69.1 cm³/mol. The normalized spacial score (nSPS) is 12.7. The molecular weight excluding hydrogens is 214 g/mol. The van der Waals surface area contributed by atoms with E-state index in [1.54, 1.807) is 0 Å². The van der Waals surface area contributed by atoms with E-state index in [2.05, 4.69) is 17.3 Å². The van der Waals surface area contributed by atoms with Gasteiger partial charge in [0.05, 0.1) is 5.69 Å². The number of rotatable bonds is 7. The maximum atomic E-state index is 11.9. The molecule has 4 heteroatoms. The second-order valence-electron chi connectivity index (χ2n) is 4.47. The molecule has 0 saturated heterocycles. The number of carbonyl (C=O) groups excluding carboxylic acids is 1. The summed E-state index contributed by atoms with van der Waals surface area (Å²) in [5.74, 6) is 0.271. The Kier molecular flexibility index (Phi) is 5.35. The molecule has 96 valence electrons. The van der Waals surface area contributed by atoms with Crippen LogP contribution < -0.4 is 5.32 Å². The Hall–Kier alpha value is -1.16. The average Bonchev–Trinajstić information content (AvgIpc) is 2.58. The van der Waals surface area contributed by atoms with Crippen LogP contribution in [0, 0.1) is 6.92 Å². The van der Waals surface area contributed by atoms with Crippen molar-refractivity contribution in [3.05, 3.63) is 17.5 Å². The lowest BCUT2D eigenvalue weighted by Gasteiger charge is -2.11. The molecule has 0 bridgehead atoms. The SMILES string of the molecule is CCNC(C)CC(=O)Cc1cc(C)nn1CC. The summed E-state index contributed by atoms with van der Waals surface area (Å²) in [7, 11) is 0. The Morgan fingerprint density at radius 3 is 2.82 bits per heavy atom. The summed E-state index contributed by atoms with van der Waals surface area (Å²) in [5.41, 5.74) is 2.01. The molecule has 0 aliphatic rings. The number of hydrogen-bond acceptors (Lipinski definition) is 3. The molecule has 0 saturated carbocycles. The van der Waals surface area contributed by atoms with Crippen molar-refractivity contribution in [3.8, 4) is 0 Å². The van der Waals surface area contributed by atoms with Crippen LogP contribution in [0.2, 0.25) is 0 Å². The van der Waals surface area contributed by atoms with Gasteiger partial charge in [0.2, 0.25) is 0 Å². The van der Waals surface area contributed by atoms with Crippen molar-refractivity contribution in [1.29, 1.82) is 0 Å². The average molecular weight is 237 g/mol. The molecule has 17 heavy (non-hydrogen) atoms. The van der Waals surface area contributed by atoms with Crippen molar-refractivity contribution in [2.75, 3.05) is 6.54 Å². The van der Waals surface area contributed by atoms with Crippen LogP contribution in [0.4, 0.5) is 0 Å². The summed E-state index contributed by atoms with van der Waals surface area (Å²) in [6, 6.07) is 2.26. The van der Waals surface area contributed by atoms with E-state index in [4.69, 9.17) is 0 Å². The summed E-state index contributed by atoms with van der Waals surface area (Å²) in [6.07, 6.45) is 1.08. The minimum Gasteiger partial charge on any atom is -0.314 e. The Balaban J connectivity index is 2.55. The molecule has 1 aromatic rings. The van der Waals surface area contributed by atoms with Crippen LogP contribution in [-0.2, 0) is 17.8 Å². The fraction of sp³-hybridized carbons (Fsp3) is 0.692. The first kappa shape index (κ1) is 13.9. The highest BCUT2D eigenvalue weighted by Gasteiger charge is 2.12. The molecular formula is C13H23N3O. The van der Waals surface area contributed by atoms with E-state index in [9.17, 15) is 4.79 Å². The zero-order valence-corrected chi connectivity index (χ0v) is 11.3. The lowest BCUT2D eigenvalue weighted by Crippen LogP contribution is -2.28. The number of Topliss-reactive ketones (excluding diaryl/α,β-unsaturated/α-hetero) is 1. The van der Waals surface area contributed by atoms with E-state index in [0.717, 1.165) is 24.5 Å². The summed E-state index contributed by atoms with van der Waals surface area (Å²) >= 11 is 0. The number of carbonyl (C=O) groups is 1. The molecule has 0 aromatic carbocycles. The predicted octanol–water partition coefficient (Wildman–Crippen LogP) is 1.71. The first-order valence-electron chi connectivity index (χ1n) is 6.35. The van der Waals surface area contributed by atoms with Crippen molar-refractivity contribution in [1.82, 2.24) is 15.1 Å². The van der Waals surface area contributed by atoms with Gasteiger partial charge < -0.3 is 5.32 Å². The maximum Gasteiger partial charge on any atom is 0.140 e. The van der Waals surface area contributed by atoms with E-state index >= 15 is 0 Å². The highest BCUT2D eigenvalue weighted by atomic mass is 16.1. The molecule has 0 spiro atoms. The highest BCUT2D eigenvalue weighted by Crippen LogP contribution is 2.07. The Morgan fingerprint density at radius 1 is 1.53 bits per heavy atom. The highest BCUT2D eigenvalue weighted by molar-refractivity contribution is 5.81. The van der Waals surface area contributed by atoms with Crippen molar-refractivity contribution in [3.63, 3.8) is 0 Å². The third-order valence-corrected chi connectivity index (χ3v) is 2.75.